The van der Waals surface area contributed by atoms with Crippen molar-refractivity contribution in [3.8, 4) is 0 Å². The molecule has 0 bridgehead atoms. The molecule has 2 rings (SSSR count). The standard InChI is InChI=1S/C8H12BrN3/c9-8-11-5-7(12-8)4-10-6-2-1-3-6/h5-6,10H,1-4H2,(H,11,12). The van der Waals surface area contributed by atoms with Crippen LogP contribution in [0, 0.1) is 0 Å². The molecule has 0 atom stereocenters. The molecule has 1 heterocycles. The lowest BCUT2D eigenvalue weighted by molar-refractivity contribution is 0.337. The topological polar surface area (TPSA) is 40.7 Å². The number of hydrogen-bond acceptors (Lipinski definition) is 2. The lowest BCUT2D eigenvalue weighted by atomic mass is 9.93. The smallest absolute Gasteiger partial charge is 0.174 e. The van der Waals surface area contributed by atoms with E-state index in [2.05, 4.69) is 31.2 Å². The van der Waals surface area contributed by atoms with Gasteiger partial charge in [0.25, 0.3) is 0 Å². The minimum Gasteiger partial charge on any atom is -0.335 e. The quantitative estimate of drug-likeness (QED) is 0.831. The molecule has 1 aliphatic rings. The molecule has 1 aromatic heterocycles. The van der Waals surface area contributed by atoms with Crippen molar-refractivity contribution in [3.05, 3.63) is 16.6 Å². The molecular formula is C8H12BrN3. The van der Waals surface area contributed by atoms with Crippen LogP contribution in [0.5, 0.6) is 0 Å². The molecule has 12 heavy (non-hydrogen) atoms. The Labute approximate surface area is 80.1 Å². The van der Waals surface area contributed by atoms with Crippen molar-refractivity contribution < 1.29 is 0 Å². The lowest BCUT2D eigenvalue weighted by Gasteiger charge is -2.26. The van der Waals surface area contributed by atoms with Gasteiger partial charge < -0.3 is 10.3 Å². The summed E-state index contributed by atoms with van der Waals surface area (Å²) in [7, 11) is 0. The summed E-state index contributed by atoms with van der Waals surface area (Å²) in [4.78, 5) is 7.18. The molecule has 4 heteroatoms. The van der Waals surface area contributed by atoms with Crippen molar-refractivity contribution in [2.24, 2.45) is 0 Å². The van der Waals surface area contributed by atoms with Crippen LogP contribution in [0.25, 0.3) is 0 Å². The largest absolute Gasteiger partial charge is 0.335 e. The van der Waals surface area contributed by atoms with Crippen LogP contribution in [0.2, 0.25) is 0 Å². The molecule has 1 fully saturated rings. The number of halogens is 1. The molecule has 0 unspecified atom stereocenters. The van der Waals surface area contributed by atoms with Crippen LogP contribution in [0.15, 0.2) is 10.9 Å². The van der Waals surface area contributed by atoms with Crippen LogP contribution in [0.3, 0.4) is 0 Å². The highest BCUT2D eigenvalue weighted by atomic mass is 79.9. The van der Waals surface area contributed by atoms with Crippen molar-refractivity contribution >= 4 is 15.9 Å². The second-order valence-corrected chi connectivity index (χ2v) is 3.96. The van der Waals surface area contributed by atoms with E-state index in [0.717, 1.165) is 23.0 Å². The van der Waals surface area contributed by atoms with Crippen molar-refractivity contribution in [1.82, 2.24) is 15.3 Å². The summed E-state index contributed by atoms with van der Waals surface area (Å²) in [6, 6.07) is 0.743. The normalized spacial score (nSPS) is 17.8. The molecule has 1 aliphatic carbocycles. The summed E-state index contributed by atoms with van der Waals surface area (Å²) >= 11 is 3.28. The Hall–Kier alpha value is -0.350. The second kappa shape index (κ2) is 3.58. The van der Waals surface area contributed by atoms with Crippen LogP contribution in [-0.4, -0.2) is 16.0 Å². The molecular weight excluding hydrogens is 218 g/mol. The van der Waals surface area contributed by atoms with Crippen LogP contribution >= 0.6 is 15.9 Å². The van der Waals surface area contributed by atoms with E-state index in [1.807, 2.05) is 6.20 Å². The van der Waals surface area contributed by atoms with E-state index < -0.39 is 0 Å². The number of nitrogens with zero attached hydrogens (tertiary/aromatic N) is 1. The van der Waals surface area contributed by atoms with Gasteiger partial charge in [-0.05, 0) is 28.8 Å². The highest BCUT2D eigenvalue weighted by Gasteiger charge is 2.16. The third kappa shape index (κ3) is 1.87. The molecule has 66 valence electrons. The van der Waals surface area contributed by atoms with Gasteiger partial charge >= 0.3 is 0 Å². The van der Waals surface area contributed by atoms with Crippen LogP contribution in [0.4, 0.5) is 0 Å². The van der Waals surface area contributed by atoms with E-state index >= 15 is 0 Å². The average molecular weight is 230 g/mol. The first-order valence-corrected chi connectivity index (χ1v) is 5.06. The number of aromatic nitrogens is 2. The number of imidazole rings is 1. The minimum absolute atomic E-state index is 0.743. The Morgan fingerprint density at radius 3 is 3.00 bits per heavy atom. The molecule has 0 spiro atoms. The van der Waals surface area contributed by atoms with Gasteiger partial charge in [0.15, 0.2) is 4.73 Å². The number of hydrogen-bond donors (Lipinski definition) is 2. The summed E-state index contributed by atoms with van der Waals surface area (Å²) in [5.41, 5.74) is 1.15. The zero-order valence-electron chi connectivity index (χ0n) is 6.81. The van der Waals surface area contributed by atoms with Gasteiger partial charge in [-0.3, -0.25) is 0 Å². The van der Waals surface area contributed by atoms with Crippen LogP contribution in [-0.2, 0) is 6.54 Å². The third-order valence-electron chi connectivity index (χ3n) is 2.28. The summed E-state index contributed by atoms with van der Waals surface area (Å²) in [5.74, 6) is 0. The molecule has 0 aromatic carbocycles. The highest BCUT2D eigenvalue weighted by molar-refractivity contribution is 9.10. The number of H-pyrrole nitrogens is 1. The first-order valence-electron chi connectivity index (χ1n) is 4.27. The summed E-state index contributed by atoms with van der Waals surface area (Å²) < 4.78 is 0.813. The van der Waals surface area contributed by atoms with E-state index in [9.17, 15) is 0 Å². The first-order chi connectivity index (χ1) is 5.84. The van der Waals surface area contributed by atoms with E-state index in [4.69, 9.17) is 0 Å². The second-order valence-electron chi connectivity index (χ2n) is 3.21. The van der Waals surface area contributed by atoms with Gasteiger partial charge in [0.2, 0.25) is 0 Å². The zero-order valence-corrected chi connectivity index (χ0v) is 8.39. The summed E-state index contributed by atoms with van der Waals surface area (Å²) in [6.07, 6.45) is 5.89. The molecule has 1 aromatic rings. The predicted octanol–water partition coefficient (Wildman–Crippen LogP) is 1.81. The van der Waals surface area contributed by atoms with E-state index in [1.165, 1.54) is 19.3 Å². The molecule has 0 amide bonds. The maximum atomic E-state index is 4.06. The summed E-state index contributed by atoms with van der Waals surface area (Å²) in [5, 5.41) is 3.46. The molecule has 0 saturated heterocycles. The van der Waals surface area contributed by atoms with Gasteiger partial charge in [0.1, 0.15) is 0 Å². The number of aromatic amines is 1. The maximum absolute atomic E-state index is 4.06. The molecule has 1 saturated carbocycles. The lowest BCUT2D eigenvalue weighted by Crippen LogP contribution is -2.34. The van der Waals surface area contributed by atoms with Gasteiger partial charge in [0, 0.05) is 18.3 Å². The Morgan fingerprint density at radius 1 is 1.67 bits per heavy atom. The Kier molecular flexibility index (Phi) is 2.46. The molecule has 2 N–H and O–H groups in total. The van der Waals surface area contributed by atoms with Gasteiger partial charge in [-0.1, -0.05) is 6.42 Å². The fourth-order valence-electron chi connectivity index (χ4n) is 1.29. The fourth-order valence-corrected chi connectivity index (χ4v) is 1.65. The van der Waals surface area contributed by atoms with Crippen molar-refractivity contribution in [2.45, 2.75) is 31.8 Å². The fraction of sp³-hybridized carbons (Fsp3) is 0.625. The number of rotatable bonds is 3. The van der Waals surface area contributed by atoms with E-state index in [1.54, 1.807) is 0 Å². The number of nitrogens with one attached hydrogen (secondary N) is 2. The SMILES string of the molecule is Brc1ncc(CNC2CCC2)[nH]1. The van der Waals surface area contributed by atoms with Crippen molar-refractivity contribution in [1.29, 1.82) is 0 Å². The highest BCUT2D eigenvalue weighted by Crippen LogP contribution is 2.18. The average Bonchev–Trinajstić information content (AvgIpc) is 2.32. The molecule has 0 radical (unpaired) electrons. The monoisotopic (exact) mass is 229 g/mol. The van der Waals surface area contributed by atoms with Crippen LogP contribution in [0.1, 0.15) is 25.0 Å². The molecule has 0 aliphatic heterocycles. The maximum Gasteiger partial charge on any atom is 0.174 e. The van der Waals surface area contributed by atoms with Gasteiger partial charge in [-0.2, -0.15) is 0 Å². The van der Waals surface area contributed by atoms with E-state index in [-0.39, 0.29) is 0 Å². The first kappa shape index (κ1) is 8.26. The summed E-state index contributed by atoms with van der Waals surface area (Å²) in [6.45, 7) is 0.906. The Bertz CT molecular complexity index is 255. The van der Waals surface area contributed by atoms with Crippen LogP contribution < -0.4 is 5.32 Å². The van der Waals surface area contributed by atoms with Gasteiger partial charge in [0.05, 0.1) is 6.20 Å². The zero-order chi connectivity index (χ0) is 8.39. The van der Waals surface area contributed by atoms with E-state index in [0.29, 0.717) is 0 Å². The third-order valence-corrected chi connectivity index (χ3v) is 2.69. The van der Waals surface area contributed by atoms with Crippen molar-refractivity contribution in [2.75, 3.05) is 0 Å². The Balaban J connectivity index is 1.79. The minimum atomic E-state index is 0.743. The molecule has 3 nitrogen and oxygen atoms in total. The Morgan fingerprint density at radius 2 is 2.50 bits per heavy atom. The van der Waals surface area contributed by atoms with Crippen molar-refractivity contribution in [3.63, 3.8) is 0 Å². The van der Waals surface area contributed by atoms with Gasteiger partial charge in [-0.25, -0.2) is 4.98 Å². The van der Waals surface area contributed by atoms with Gasteiger partial charge in [-0.15, -0.1) is 0 Å². The predicted molar refractivity (Wildman–Crippen MR) is 50.8 cm³/mol.